The number of unbranched alkanes of at least 4 members (excludes halogenated alkanes) is 2. The van der Waals surface area contributed by atoms with E-state index in [1.807, 2.05) is 6.92 Å². The molecule has 6 atom stereocenters. The third-order valence-electron chi connectivity index (χ3n) is 10.9. The quantitative estimate of drug-likeness (QED) is 0.0938. The lowest BCUT2D eigenvalue weighted by Gasteiger charge is -2.32. The van der Waals surface area contributed by atoms with Crippen molar-refractivity contribution in [3.05, 3.63) is 35.4 Å². The van der Waals surface area contributed by atoms with Crippen LogP contribution in [-0.2, 0) is 19.0 Å². The molecular weight excluding hydrogens is 973 g/mol. The molecular formula is C40H46Cl6N4O14. The van der Waals surface area contributed by atoms with Crippen molar-refractivity contribution in [2.24, 2.45) is 5.92 Å². The van der Waals surface area contributed by atoms with Crippen LogP contribution >= 0.6 is 69.6 Å². The van der Waals surface area contributed by atoms with Crippen LogP contribution in [0.15, 0.2) is 24.3 Å². The molecule has 2 fully saturated rings. The summed E-state index contributed by atoms with van der Waals surface area (Å²) >= 11 is 35.0. The minimum Gasteiger partial charge on any atom is -0.493 e. The Bertz CT molecular complexity index is 2110. The fraction of sp³-hybridized carbons (Fsp3) is 0.575. The standard InChI is InChI=1S/C40H46Cl6N4O14/c1-20-10-27-35(54)49(37(56)62-18-39(41,42)43)25-14-31(29(58-3)12-23(25)33(52)47(27)16-20)60-8-6-5-7-9-61-32-15-26-24(13-30(32)59-4)34(53)48-17-22(64-21(2)51)11-28(48)36(55)50(26)38(57)63-19-40(44,45)46/h12-15,20,22,27-28,35-36,54-55H,5-11,16-19H2,1-4H3/t20-,22-,27+,28+,35+,36+/m1/s1. The number of alkyl halides is 6. The lowest BCUT2D eigenvalue weighted by molar-refractivity contribution is -0.145. The number of amides is 4. The predicted molar refractivity (Wildman–Crippen MR) is 235 cm³/mol. The minimum atomic E-state index is -1.98. The SMILES string of the molecule is COc1cc2c(cc1OCCCCCOc1cc3c(cc1OC)C(=O)N1C[C@H](OC(C)=O)C[C@H]1[C@H](O)N3C(=O)OCC(Cl)(Cl)Cl)N(C(=O)OCC(Cl)(Cl)Cl)[C@@H](O)[C@@H]1C[C@@H](C)CN1C2=O. The first-order valence-corrected chi connectivity index (χ1v) is 22.3. The number of fused-ring (bicyclic) bond motifs is 4. The number of ether oxygens (including phenoxy) is 7. The van der Waals surface area contributed by atoms with Crippen LogP contribution in [0.1, 0.15) is 66.7 Å². The second kappa shape index (κ2) is 20.4. The van der Waals surface area contributed by atoms with E-state index < -0.39 is 81.4 Å². The highest BCUT2D eigenvalue weighted by Crippen LogP contribution is 2.44. The molecule has 0 radical (unpaired) electrons. The summed E-state index contributed by atoms with van der Waals surface area (Å²) in [5.41, 5.74) is -0.0100. The highest BCUT2D eigenvalue weighted by molar-refractivity contribution is 6.68. The van der Waals surface area contributed by atoms with Crippen molar-refractivity contribution in [3.63, 3.8) is 0 Å². The number of carbonyl (C=O) groups is 5. The molecule has 4 aliphatic heterocycles. The molecule has 2 saturated heterocycles. The van der Waals surface area contributed by atoms with Crippen LogP contribution in [-0.4, -0.2) is 142 Å². The summed E-state index contributed by atoms with van der Waals surface area (Å²) in [6.45, 7) is 2.46. The Hall–Kier alpha value is -3.75. The van der Waals surface area contributed by atoms with Gasteiger partial charge < -0.3 is 53.2 Å². The Morgan fingerprint density at radius 2 is 1.11 bits per heavy atom. The molecule has 352 valence electrons. The first-order chi connectivity index (χ1) is 30.1. The van der Waals surface area contributed by atoms with Crippen molar-refractivity contribution in [1.29, 1.82) is 0 Å². The van der Waals surface area contributed by atoms with Gasteiger partial charge in [0.1, 0.15) is 19.3 Å². The van der Waals surface area contributed by atoms with E-state index in [9.17, 15) is 34.2 Å². The molecule has 0 bridgehead atoms. The molecule has 0 aromatic heterocycles. The fourth-order valence-corrected chi connectivity index (χ4v) is 8.50. The minimum absolute atomic E-state index is 0.0191. The average Bonchev–Trinajstić information content (AvgIpc) is 3.80. The first-order valence-electron chi connectivity index (χ1n) is 20.0. The summed E-state index contributed by atoms with van der Waals surface area (Å²) in [7, 11) is 2.77. The third kappa shape index (κ3) is 11.3. The summed E-state index contributed by atoms with van der Waals surface area (Å²) in [6, 6.07) is 3.87. The monoisotopic (exact) mass is 1020 g/mol. The number of hydrogen-bond donors (Lipinski definition) is 2. The van der Waals surface area contributed by atoms with E-state index in [4.69, 9.17) is 103 Å². The van der Waals surface area contributed by atoms with Gasteiger partial charge in [-0.15, -0.1) is 0 Å². The van der Waals surface area contributed by atoms with Crippen LogP contribution < -0.4 is 28.7 Å². The molecule has 64 heavy (non-hydrogen) atoms. The second-order valence-electron chi connectivity index (χ2n) is 15.6. The van der Waals surface area contributed by atoms with Crippen LogP contribution in [0.4, 0.5) is 21.0 Å². The Morgan fingerprint density at radius 1 is 0.672 bits per heavy atom. The summed E-state index contributed by atoms with van der Waals surface area (Å²) < 4.78 is 35.2. The highest BCUT2D eigenvalue weighted by Gasteiger charge is 2.50. The van der Waals surface area contributed by atoms with E-state index in [0.29, 0.717) is 32.2 Å². The molecule has 2 aromatic rings. The van der Waals surface area contributed by atoms with Gasteiger partial charge in [-0.05, 0) is 43.7 Å². The van der Waals surface area contributed by atoms with Crippen LogP contribution in [0, 0.1) is 5.92 Å². The molecule has 4 heterocycles. The number of benzene rings is 2. The normalized spacial score (nSPS) is 23.0. The van der Waals surface area contributed by atoms with Crippen molar-refractivity contribution in [2.75, 3.05) is 63.5 Å². The largest absolute Gasteiger partial charge is 0.493 e. The van der Waals surface area contributed by atoms with E-state index in [2.05, 4.69) is 0 Å². The fourth-order valence-electron chi connectivity index (χ4n) is 8.17. The molecule has 18 nitrogen and oxygen atoms in total. The number of anilines is 2. The number of esters is 1. The van der Waals surface area contributed by atoms with E-state index in [1.165, 1.54) is 55.2 Å². The van der Waals surface area contributed by atoms with Gasteiger partial charge in [-0.1, -0.05) is 76.5 Å². The van der Waals surface area contributed by atoms with Crippen LogP contribution in [0.5, 0.6) is 23.0 Å². The molecule has 2 N–H and O–H groups in total. The number of rotatable bonds is 13. The molecule has 2 aromatic carbocycles. The van der Waals surface area contributed by atoms with Gasteiger partial charge >= 0.3 is 18.2 Å². The van der Waals surface area contributed by atoms with Crippen LogP contribution in [0.25, 0.3) is 0 Å². The van der Waals surface area contributed by atoms with Gasteiger partial charge in [-0.25, -0.2) is 19.4 Å². The lowest BCUT2D eigenvalue weighted by atomic mass is 10.1. The Morgan fingerprint density at radius 3 is 1.53 bits per heavy atom. The number of methoxy groups -OCH3 is 2. The van der Waals surface area contributed by atoms with Gasteiger partial charge in [0.2, 0.25) is 7.59 Å². The summed E-state index contributed by atoms with van der Waals surface area (Å²) in [5.74, 6) is -0.851. The van der Waals surface area contributed by atoms with Crippen molar-refractivity contribution < 1.29 is 67.3 Å². The van der Waals surface area contributed by atoms with Gasteiger partial charge in [0, 0.05) is 32.0 Å². The smallest absolute Gasteiger partial charge is 0.416 e. The molecule has 0 aliphatic carbocycles. The first kappa shape index (κ1) is 49.7. The van der Waals surface area contributed by atoms with E-state index in [0.717, 1.165) is 9.80 Å². The lowest BCUT2D eigenvalue weighted by Crippen LogP contribution is -2.51. The topological polar surface area (TPSA) is 203 Å². The molecule has 4 amide bonds. The summed E-state index contributed by atoms with van der Waals surface area (Å²) in [4.78, 5) is 71.3. The van der Waals surface area contributed by atoms with Crippen molar-refractivity contribution >= 4 is 111 Å². The zero-order valence-electron chi connectivity index (χ0n) is 34.9. The van der Waals surface area contributed by atoms with Crippen LogP contribution in [0.3, 0.4) is 0 Å². The number of halogens is 6. The van der Waals surface area contributed by atoms with Crippen molar-refractivity contribution in [1.82, 2.24) is 9.80 Å². The highest BCUT2D eigenvalue weighted by atomic mass is 35.6. The van der Waals surface area contributed by atoms with E-state index >= 15 is 0 Å². The van der Waals surface area contributed by atoms with Crippen molar-refractivity contribution in [2.45, 2.75) is 84.2 Å². The number of hydrogen-bond acceptors (Lipinski definition) is 14. The Kier molecular flexibility index (Phi) is 15.8. The zero-order chi connectivity index (χ0) is 46.8. The Labute approximate surface area is 398 Å². The number of aliphatic hydroxyl groups excluding tert-OH is 2. The molecule has 0 spiro atoms. The average molecular weight is 1020 g/mol. The third-order valence-corrected chi connectivity index (χ3v) is 11.5. The molecule has 4 aliphatic rings. The predicted octanol–water partition coefficient (Wildman–Crippen LogP) is 6.62. The number of carbonyl (C=O) groups excluding carboxylic acids is 5. The van der Waals surface area contributed by atoms with E-state index in [1.54, 1.807) is 0 Å². The van der Waals surface area contributed by atoms with Gasteiger partial charge in [-0.3, -0.25) is 14.4 Å². The zero-order valence-corrected chi connectivity index (χ0v) is 39.4. The second-order valence-corrected chi connectivity index (χ2v) is 20.6. The van der Waals surface area contributed by atoms with Gasteiger partial charge in [0.25, 0.3) is 11.8 Å². The summed E-state index contributed by atoms with van der Waals surface area (Å²) in [5, 5.41) is 23.2. The van der Waals surface area contributed by atoms with Gasteiger partial charge in [0.15, 0.2) is 35.5 Å². The van der Waals surface area contributed by atoms with Gasteiger partial charge in [-0.2, -0.15) is 0 Å². The van der Waals surface area contributed by atoms with E-state index in [-0.39, 0.29) is 77.6 Å². The number of aliphatic hydroxyl groups is 2. The maximum absolute atomic E-state index is 14.0. The Balaban J connectivity index is 1.15. The van der Waals surface area contributed by atoms with Crippen LogP contribution in [0.2, 0.25) is 0 Å². The maximum Gasteiger partial charge on any atom is 0.416 e. The van der Waals surface area contributed by atoms with Crippen molar-refractivity contribution in [3.8, 4) is 23.0 Å². The maximum atomic E-state index is 14.0. The molecule has 6 rings (SSSR count). The number of nitrogens with zero attached hydrogens (tertiary/aromatic N) is 4. The molecule has 24 heteroatoms. The van der Waals surface area contributed by atoms with Gasteiger partial charge in [0.05, 0.1) is 68.6 Å². The summed E-state index contributed by atoms with van der Waals surface area (Å²) in [6.07, 6.45) is -4.10. The molecule has 0 saturated carbocycles. The molecule has 0 unspecified atom stereocenters.